The van der Waals surface area contributed by atoms with E-state index in [-0.39, 0.29) is 5.82 Å². The van der Waals surface area contributed by atoms with E-state index in [0.717, 1.165) is 22.6 Å². The molecule has 0 fully saturated rings. The summed E-state index contributed by atoms with van der Waals surface area (Å²) in [6.45, 7) is 0. The number of hydrogen-bond acceptors (Lipinski definition) is 4. The van der Waals surface area contributed by atoms with Crippen molar-refractivity contribution in [2.75, 3.05) is 7.11 Å². The van der Waals surface area contributed by atoms with Crippen LogP contribution in [0.25, 0.3) is 11.3 Å². The zero-order valence-electron chi connectivity index (χ0n) is 13.6. The molecule has 0 radical (unpaired) electrons. The average Bonchev–Trinajstić information content (AvgIpc) is 2.67. The molecule has 0 atom stereocenters. The van der Waals surface area contributed by atoms with Crippen LogP contribution in [0.2, 0.25) is 0 Å². The molecule has 3 rings (SSSR count). The SMILES string of the molecule is COc1ccc(-c2ccc(C#N)c(SCc3ccc(F)cc3)n2)cc1. The standard InChI is InChI=1S/C20H15FN2OS/c1-24-18-9-4-15(5-10-18)19-11-6-16(12-22)20(23-19)25-13-14-2-7-17(21)8-3-14/h2-11H,13H2,1H3. The molecule has 0 spiro atoms. The third kappa shape index (κ3) is 4.17. The van der Waals surface area contributed by atoms with E-state index in [0.29, 0.717) is 16.3 Å². The molecule has 0 N–H and O–H groups in total. The van der Waals surface area contributed by atoms with Gasteiger partial charge in [-0.2, -0.15) is 5.26 Å². The number of halogens is 1. The highest BCUT2D eigenvalue weighted by Crippen LogP contribution is 2.28. The lowest BCUT2D eigenvalue weighted by atomic mass is 10.1. The number of nitriles is 1. The molecule has 1 heterocycles. The first-order valence-corrected chi connectivity index (χ1v) is 8.61. The van der Waals surface area contributed by atoms with Crippen molar-refractivity contribution in [3.8, 4) is 23.1 Å². The minimum atomic E-state index is -0.258. The maximum atomic E-state index is 13.0. The van der Waals surface area contributed by atoms with Crippen molar-refractivity contribution in [3.05, 3.63) is 77.6 Å². The number of benzene rings is 2. The van der Waals surface area contributed by atoms with Gasteiger partial charge in [0, 0.05) is 11.3 Å². The van der Waals surface area contributed by atoms with Gasteiger partial charge in [0.1, 0.15) is 22.7 Å². The predicted octanol–water partition coefficient (Wildman–Crippen LogP) is 5.06. The Labute approximate surface area is 150 Å². The summed E-state index contributed by atoms with van der Waals surface area (Å²) in [6.07, 6.45) is 0. The van der Waals surface area contributed by atoms with Crippen molar-refractivity contribution >= 4 is 11.8 Å². The highest BCUT2D eigenvalue weighted by atomic mass is 32.2. The van der Waals surface area contributed by atoms with E-state index in [2.05, 4.69) is 11.1 Å². The summed E-state index contributed by atoms with van der Waals surface area (Å²) in [4.78, 5) is 4.63. The lowest BCUT2D eigenvalue weighted by molar-refractivity contribution is 0.415. The van der Waals surface area contributed by atoms with Crippen molar-refractivity contribution in [1.82, 2.24) is 4.98 Å². The van der Waals surface area contributed by atoms with E-state index < -0.39 is 0 Å². The van der Waals surface area contributed by atoms with Crippen LogP contribution in [-0.4, -0.2) is 12.1 Å². The maximum Gasteiger partial charge on any atom is 0.123 e. The number of methoxy groups -OCH3 is 1. The molecule has 5 heteroatoms. The van der Waals surface area contributed by atoms with Crippen molar-refractivity contribution in [3.63, 3.8) is 0 Å². The summed E-state index contributed by atoms with van der Waals surface area (Å²) in [5.74, 6) is 1.14. The van der Waals surface area contributed by atoms with Crippen molar-refractivity contribution < 1.29 is 9.13 Å². The lowest BCUT2D eigenvalue weighted by Crippen LogP contribution is -1.92. The predicted molar refractivity (Wildman–Crippen MR) is 96.9 cm³/mol. The quantitative estimate of drug-likeness (QED) is 0.603. The number of rotatable bonds is 5. The smallest absolute Gasteiger partial charge is 0.123 e. The fourth-order valence-corrected chi connectivity index (χ4v) is 3.22. The monoisotopic (exact) mass is 350 g/mol. The molecule has 3 aromatic rings. The van der Waals surface area contributed by atoms with Gasteiger partial charge >= 0.3 is 0 Å². The largest absolute Gasteiger partial charge is 0.497 e. The topological polar surface area (TPSA) is 45.9 Å². The molecule has 0 unspecified atom stereocenters. The van der Waals surface area contributed by atoms with Gasteiger partial charge in [-0.1, -0.05) is 12.1 Å². The van der Waals surface area contributed by atoms with Crippen LogP contribution in [0.3, 0.4) is 0 Å². The summed E-state index contributed by atoms with van der Waals surface area (Å²) in [6, 6.07) is 19.7. The molecule has 0 aliphatic carbocycles. The second kappa shape index (κ2) is 7.82. The third-order valence-corrected chi connectivity index (χ3v) is 4.72. The van der Waals surface area contributed by atoms with Crippen LogP contribution in [0, 0.1) is 17.1 Å². The van der Waals surface area contributed by atoms with E-state index in [1.165, 1.54) is 23.9 Å². The van der Waals surface area contributed by atoms with Gasteiger partial charge in [0.25, 0.3) is 0 Å². The maximum absolute atomic E-state index is 13.0. The number of nitrogens with zero attached hydrogens (tertiary/aromatic N) is 2. The van der Waals surface area contributed by atoms with Crippen LogP contribution in [0.15, 0.2) is 65.7 Å². The Morgan fingerprint density at radius 3 is 2.40 bits per heavy atom. The fraction of sp³-hybridized carbons (Fsp3) is 0.100. The summed E-state index contributed by atoms with van der Waals surface area (Å²) in [5, 5.41) is 9.98. The molecule has 0 aliphatic rings. The number of thioether (sulfide) groups is 1. The Hall–Kier alpha value is -2.84. The number of pyridine rings is 1. The van der Waals surface area contributed by atoms with Gasteiger partial charge in [0.15, 0.2) is 0 Å². The van der Waals surface area contributed by atoms with Crippen molar-refractivity contribution in [2.24, 2.45) is 0 Å². The van der Waals surface area contributed by atoms with E-state index >= 15 is 0 Å². The molecule has 0 amide bonds. The van der Waals surface area contributed by atoms with Crippen LogP contribution in [-0.2, 0) is 5.75 Å². The van der Waals surface area contributed by atoms with Crippen LogP contribution in [0.5, 0.6) is 5.75 Å². The van der Waals surface area contributed by atoms with Crippen LogP contribution in [0.1, 0.15) is 11.1 Å². The molecule has 2 aromatic carbocycles. The Kier molecular flexibility index (Phi) is 5.32. The molecule has 3 nitrogen and oxygen atoms in total. The number of hydrogen-bond donors (Lipinski definition) is 0. The Balaban J connectivity index is 1.84. The van der Waals surface area contributed by atoms with Crippen molar-refractivity contribution in [2.45, 2.75) is 10.8 Å². The van der Waals surface area contributed by atoms with Gasteiger partial charge in [-0.15, -0.1) is 11.8 Å². The average molecular weight is 350 g/mol. The lowest BCUT2D eigenvalue weighted by Gasteiger charge is -2.08. The van der Waals surface area contributed by atoms with Gasteiger partial charge in [0.05, 0.1) is 18.4 Å². The second-order valence-electron chi connectivity index (χ2n) is 5.30. The van der Waals surface area contributed by atoms with Gasteiger partial charge in [-0.05, 0) is 54.1 Å². The number of aromatic nitrogens is 1. The molecule has 1 aromatic heterocycles. The summed E-state index contributed by atoms with van der Waals surface area (Å²) >= 11 is 1.47. The summed E-state index contributed by atoms with van der Waals surface area (Å²) < 4.78 is 18.2. The highest BCUT2D eigenvalue weighted by Gasteiger charge is 2.09. The van der Waals surface area contributed by atoms with Gasteiger partial charge in [-0.25, -0.2) is 9.37 Å². The first-order chi connectivity index (χ1) is 12.2. The van der Waals surface area contributed by atoms with Crippen LogP contribution in [0.4, 0.5) is 4.39 Å². The van der Waals surface area contributed by atoms with Crippen LogP contribution < -0.4 is 4.74 Å². The molecular weight excluding hydrogens is 335 g/mol. The minimum Gasteiger partial charge on any atom is -0.497 e. The Bertz CT molecular complexity index is 902. The molecule has 124 valence electrons. The highest BCUT2D eigenvalue weighted by molar-refractivity contribution is 7.98. The normalized spacial score (nSPS) is 10.3. The fourth-order valence-electron chi connectivity index (χ4n) is 2.29. The molecule has 25 heavy (non-hydrogen) atoms. The molecule has 0 aliphatic heterocycles. The molecule has 0 saturated heterocycles. The second-order valence-corrected chi connectivity index (χ2v) is 6.27. The molecule has 0 bridgehead atoms. The zero-order chi connectivity index (χ0) is 17.6. The van der Waals surface area contributed by atoms with Gasteiger partial charge in [-0.3, -0.25) is 0 Å². The van der Waals surface area contributed by atoms with E-state index in [1.54, 1.807) is 25.3 Å². The first-order valence-electron chi connectivity index (χ1n) is 7.62. The molecular formula is C20H15FN2OS. The minimum absolute atomic E-state index is 0.258. The van der Waals surface area contributed by atoms with E-state index in [1.807, 2.05) is 30.3 Å². The molecule has 0 saturated carbocycles. The van der Waals surface area contributed by atoms with E-state index in [9.17, 15) is 9.65 Å². The summed E-state index contributed by atoms with van der Waals surface area (Å²) in [5.41, 5.74) is 3.26. The Morgan fingerprint density at radius 2 is 1.76 bits per heavy atom. The zero-order valence-corrected chi connectivity index (χ0v) is 14.4. The van der Waals surface area contributed by atoms with Gasteiger partial charge < -0.3 is 4.74 Å². The third-order valence-electron chi connectivity index (χ3n) is 3.66. The van der Waals surface area contributed by atoms with Crippen molar-refractivity contribution in [1.29, 1.82) is 5.26 Å². The van der Waals surface area contributed by atoms with E-state index in [4.69, 9.17) is 4.74 Å². The van der Waals surface area contributed by atoms with Crippen LogP contribution >= 0.6 is 11.8 Å². The first kappa shape index (κ1) is 17.0. The number of ether oxygens (including phenoxy) is 1. The Morgan fingerprint density at radius 1 is 1.04 bits per heavy atom. The summed E-state index contributed by atoms with van der Waals surface area (Å²) in [7, 11) is 1.62. The van der Waals surface area contributed by atoms with Gasteiger partial charge in [0.2, 0.25) is 0 Å².